The number of nitrogens with zero attached hydrogens (tertiary/aromatic N) is 3. The van der Waals surface area contributed by atoms with Crippen LogP contribution in [0.15, 0.2) is 65.0 Å². The number of rotatable bonds is 7. The Morgan fingerprint density at radius 3 is 3.03 bits per heavy atom. The Balaban J connectivity index is 1.29. The monoisotopic (exact) mass is 409 g/mol. The van der Waals surface area contributed by atoms with Gasteiger partial charge in [-0.25, -0.2) is 14.9 Å². The van der Waals surface area contributed by atoms with E-state index in [4.69, 9.17) is 0 Å². The van der Waals surface area contributed by atoms with E-state index < -0.39 is 5.82 Å². The SMILES string of the molecule is O=C(CSc1n[nH]c(N/N=C/c2c[nH]c3ccccc23)n1)Nc1cccc(F)c1. The van der Waals surface area contributed by atoms with Gasteiger partial charge in [-0.1, -0.05) is 36.0 Å². The van der Waals surface area contributed by atoms with Gasteiger partial charge < -0.3 is 10.3 Å². The summed E-state index contributed by atoms with van der Waals surface area (Å²) < 4.78 is 13.1. The molecule has 0 aliphatic heterocycles. The molecule has 0 aliphatic rings. The first-order valence-electron chi connectivity index (χ1n) is 8.63. The Hall–Kier alpha value is -3.66. The summed E-state index contributed by atoms with van der Waals surface area (Å²) in [6, 6.07) is 13.6. The molecule has 0 saturated heterocycles. The number of aromatic nitrogens is 4. The third-order valence-corrected chi connectivity index (χ3v) is 4.75. The zero-order valence-electron chi connectivity index (χ0n) is 15.0. The van der Waals surface area contributed by atoms with E-state index in [1.807, 2.05) is 30.5 Å². The number of anilines is 2. The summed E-state index contributed by atoms with van der Waals surface area (Å²) in [5.74, 6) is -0.244. The number of aromatic amines is 2. The molecule has 2 heterocycles. The average Bonchev–Trinajstić information content (AvgIpc) is 3.34. The maximum Gasteiger partial charge on any atom is 0.240 e. The van der Waals surface area contributed by atoms with Crippen molar-refractivity contribution in [2.45, 2.75) is 5.16 Å². The molecule has 2 aromatic heterocycles. The summed E-state index contributed by atoms with van der Waals surface area (Å²) in [5, 5.41) is 15.0. The normalized spacial score (nSPS) is 11.2. The predicted octanol–water partition coefficient (Wildman–Crippen LogP) is 3.60. The Morgan fingerprint density at radius 1 is 1.24 bits per heavy atom. The van der Waals surface area contributed by atoms with E-state index in [2.05, 4.69) is 36.0 Å². The molecule has 0 radical (unpaired) electrons. The maximum atomic E-state index is 13.1. The quantitative estimate of drug-likeness (QED) is 0.212. The zero-order valence-corrected chi connectivity index (χ0v) is 15.8. The topological polar surface area (TPSA) is 111 Å². The van der Waals surface area contributed by atoms with Gasteiger partial charge in [-0.05, 0) is 24.3 Å². The van der Waals surface area contributed by atoms with E-state index in [1.165, 1.54) is 18.2 Å². The number of hydrogen-bond donors (Lipinski definition) is 4. The minimum absolute atomic E-state index is 0.0897. The second-order valence-corrected chi connectivity index (χ2v) is 6.92. The highest BCUT2D eigenvalue weighted by molar-refractivity contribution is 7.99. The summed E-state index contributed by atoms with van der Waals surface area (Å²) in [4.78, 5) is 19.3. The van der Waals surface area contributed by atoms with Gasteiger partial charge in [0.05, 0.1) is 12.0 Å². The fraction of sp³-hybridized carbons (Fsp3) is 0.0526. The number of fused-ring (bicyclic) bond motifs is 1. The van der Waals surface area contributed by atoms with Gasteiger partial charge in [0.2, 0.25) is 17.0 Å². The van der Waals surface area contributed by atoms with Gasteiger partial charge in [0.15, 0.2) is 0 Å². The van der Waals surface area contributed by atoms with Crippen molar-refractivity contribution in [3.8, 4) is 0 Å². The van der Waals surface area contributed by atoms with Crippen LogP contribution in [-0.2, 0) is 4.79 Å². The number of hydrogen-bond acceptors (Lipinski definition) is 6. The van der Waals surface area contributed by atoms with E-state index in [1.54, 1.807) is 12.3 Å². The van der Waals surface area contributed by atoms with Crippen LogP contribution in [0, 0.1) is 5.82 Å². The molecule has 29 heavy (non-hydrogen) atoms. The van der Waals surface area contributed by atoms with Crippen LogP contribution in [0.5, 0.6) is 0 Å². The first-order valence-corrected chi connectivity index (χ1v) is 9.62. The van der Waals surface area contributed by atoms with Crippen molar-refractivity contribution in [3.63, 3.8) is 0 Å². The number of para-hydroxylation sites is 1. The molecule has 0 saturated carbocycles. The average molecular weight is 409 g/mol. The van der Waals surface area contributed by atoms with Crippen LogP contribution in [0.4, 0.5) is 16.0 Å². The lowest BCUT2D eigenvalue weighted by atomic mass is 10.2. The molecule has 0 fully saturated rings. The minimum Gasteiger partial charge on any atom is -0.361 e. The smallest absolute Gasteiger partial charge is 0.240 e. The van der Waals surface area contributed by atoms with Crippen molar-refractivity contribution in [2.75, 3.05) is 16.5 Å². The molecule has 8 nitrogen and oxygen atoms in total. The van der Waals surface area contributed by atoms with Crippen molar-refractivity contribution in [1.29, 1.82) is 0 Å². The lowest BCUT2D eigenvalue weighted by molar-refractivity contribution is -0.113. The highest BCUT2D eigenvalue weighted by Gasteiger charge is 2.08. The third kappa shape index (κ3) is 4.79. The van der Waals surface area contributed by atoms with Crippen LogP contribution in [0.2, 0.25) is 0 Å². The Labute approximate surface area is 169 Å². The number of carbonyl (C=O) groups excluding carboxylic acids is 1. The molecule has 1 amide bonds. The van der Waals surface area contributed by atoms with Crippen LogP contribution < -0.4 is 10.7 Å². The van der Waals surface area contributed by atoms with Crippen LogP contribution in [0.25, 0.3) is 10.9 Å². The molecule has 0 bridgehead atoms. The van der Waals surface area contributed by atoms with Crippen molar-refractivity contribution in [1.82, 2.24) is 20.2 Å². The molecule has 0 spiro atoms. The van der Waals surface area contributed by atoms with E-state index in [0.29, 0.717) is 16.8 Å². The van der Waals surface area contributed by atoms with Crippen LogP contribution in [0.1, 0.15) is 5.56 Å². The summed E-state index contributed by atoms with van der Waals surface area (Å²) >= 11 is 1.15. The molecule has 0 atom stereocenters. The second-order valence-electron chi connectivity index (χ2n) is 5.97. The van der Waals surface area contributed by atoms with Gasteiger partial charge in [0, 0.05) is 28.4 Å². The highest BCUT2D eigenvalue weighted by atomic mass is 32.2. The van der Waals surface area contributed by atoms with Gasteiger partial charge in [-0.2, -0.15) is 10.1 Å². The number of thioether (sulfide) groups is 1. The molecule has 4 rings (SSSR count). The number of amides is 1. The van der Waals surface area contributed by atoms with Gasteiger partial charge in [0.1, 0.15) is 5.82 Å². The number of carbonyl (C=O) groups is 1. The minimum atomic E-state index is -0.409. The summed E-state index contributed by atoms with van der Waals surface area (Å²) in [7, 11) is 0. The molecule has 10 heteroatoms. The second kappa shape index (κ2) is 8.57. The van der Waals surface area contributed by atoms with Crippen molar-refractivity contribution >= 4 is 46.4 Å². The largest absolute Gasteiger partial charge is 0.361 e. The molecule has 146 valence electrons. The fourth-order valence-corrected chi connectivity index (χ4v) is 3.22. The first-order chi connectivity index (χ1) is 14.2. The molecule has 2 aromatic carbocycles. The Kier molecular flexibility index (Phi) is 5.52. The molecule has 4 aromatic rings. The summed E-state index contributed by atoms with van der Waals surface area (Å²) in [5.41, 5.74) is 5.15. The standard InChI is InChI=1S/C19H16FN7OS/c20-13-4-3-5-14(8-13)23-17(28)11-29-19-24-18(26-27-19)25-22-10-12-9-21-16-7-2-1-6-15(12)16/h1-10,21H,11H2,(H,23,28)(H2,24,25,26,27)/b22-10+. The van der Waals surface area contributed by atoms with Gasteiger partial charge in [0.25, 0.3) is 0 Å². The molecule has 4 N–H and O–H groups in total. The summed E-state index contributed by atoms with van der Waals surface area (Å²) in [6.07, 6.45) is 3.55. The maximum absolute atomic E-state index is 13.1. The number of benzene rings is 2. The van der Waals surface area contributed by atoms with Crippen molar-refractivity contribution < 1.29 is 9.18 Å². The third-order valence-electron chi connectivity index (χ3n) is 3.90. The molecular formula is C19H16FN7OS. The first kappa shape index (κ1) is 18.7. The molecule has 0 unspecified atom stereocenters. The fourth-order valence-electron chi connectivity index (χ4n) is 2.62. The van der Waals surface area contributed by atoms with E-state index in [-0.39, 0.29) is 11.7 Å². The lowest BCUT2D eigenvalue weighted by Gasteiger charge is -2.03. The number of halogens is 1. The van der Waals surface area contributed by atoms with Crippen molar-refractivity contribution in [2.24, 2.45) is 5.10 Å². The summed E-state index contributed by atoms with van der Waals surface area (Å²) in [6.45, 7) is 0. The van der Waals surface area contributed by atoms with Crippen LogP contribution in [-0.4, -0.2) is 38.0 Å². The lowest BCUT2D eigenvalue weighted by Crippen LogP contribution is -2.14. The van der Waals surface area contributed by atoms with Crippen molar-refractivity contribution in [3.05, 3.63) is 66.1 Å². The number of hydrazone groups is 1. The van der Waals surface area contributed by atoms with Crippen LogP contribution in [0.3, 0.4) is 0 Å². The number of nitrogens with one attached hydrogen (secondary N) is 4. The van der Waals surface area contributed by atoms with E-state index >= 15 is 0 Å². The van der Waals surface area contributed by atoms with Gasteiger partial charge in [-0.15, -0.1) is 5.10 Å². The molecular weight excluding hydrogens is 393 g/mol. The van der Waals surface area contributed by atoms with E-state index in [0.717, 1.165) is 28.2 Å². The predicted molar refractivity (Wildman–Crippen MR) is 112 cm³/mol. The zero-order chi connectivity index (χ0) is 20.1. The number of H-pyrrole nitrogens is 2. The van der Waals surface area contributed by atoms with E-state index in [9.17, 15) is 9.18 Å². The highest BCUT2D eigenvalue weighted by Crippen LogP contribution is 2.17. The van der Waals surface area contributed by atoms with Gasteiger partial charge in [-0.3, -0.25) is 4.79 Å². The van der Waals surface area contributed by atoms with Gasteiger partial charge >= 0.3 is 0 Å². The Bertz CT molecular complexity index is 1170. The molecule has 0 aliphatic carbocycles. The van der Waals surface area contributed by atoms with Crippen LogP contribution >= 0.6 is 11.8 Å². The Morgan fingerprint density at radius 2 is 2.14 bits per heavy atom.